The summed E-state index contributed by atoms with van der Waals surface area (Å²) in [4.78, 5) is 19.7. The van der Waals surface area contributed by atoms with Crippen molar-refractivity contribution in [2.24, 2.45) is 4.99 Å². The Morgan fingerprint density at radius 3 is 2.88 bits per heavy atom. The van der Waals surface area contributed by atoms with Gasteiger partial charge in [0, 0.05) is 49.9 Å². The first-order valence-electron chi connectivity index (χ1n) is 8.19. The normalized spacial score (nSPS) is 17.5. The van der Waals surface area contributed by atoms with Gasteiger partial charge in [0.25, 0.3) is 0 Å². The number of carbonyl (C=O) groups is 1. The Morgan fingerprint density at radius 1 is 1.46 bits per heavy atom. The molecule has 1 atom stereocenters. The molecule has 24 heavy (non-hydrogen) atoms. The zero-order valence-corrected chi connectivity index (χ0v) is 18.9. The quantitative estimate of drug-likeness (QED) is 0.338. The second kappa shape index (κ2) is 11.3. The van der Waals surface area contributed by atoms with Gasteiger partial charge < -0.3 is 15.5 Å². The first-order chi connectivity index (χ1) is 11.1. The third kappa shape index (κ3) is 6.87. The van der Waals surface area contributed by atoms with Gasteiger partial charge >= 0.3 is 0 Å². The van der Waals surface area contributed by atoms with Crippen LogP contribution in [0.4, 0.5) is 0 Å². The van der Waals surface area contributed by atoms with Crippen LogP contribution in [0.3, 0.4) is 0 Å². The summed E-state index contributed by atoms with van der Waals surface area (Å²) in [7, 11) is 0. The highest BCUT2D eigenvalue weighted by molar-refractivity contribution is 14.0. The summed E-state index contributed by atoms with van der Waals surface area (Å²) in [6.45, 7) is 7.18. The lowest BCUT2D eigenvalue weighted by molar-refractivity contribution is -0.129. The number of aliphatic imine (C=N–C) groups is 1. The third-order valence-corrected chi connectivity index (χ3v) is 5.47. The smallest absolute Gasteiger partial charge is 0.222 e. The fraction of sp³-hybridized carbons (Fsp3) is 0.625. The maximum absolute atomic E-state index is 11.8. The second-order valence-electron chi connectivity index (χ2n) is 5.54. The van der Waals surface area contributed by atoms with E-state index in [1.807, 2.05) is 11.8 Å². The molecule has 2 N–H and O–H groups in total. The highest BCUT2D eigenvalue weighted by Crippen LogP contribution is 2.22. The van der Waals surface area contributed by atoms with Crippen LogP contribution in [0.5, 0.6) is 0 Å². The number of carbonyl (C=O) groups excluding carboxylic acids is 1. The van der Waals surface area contributed by atoms with Crippen molar-refractivity contribution in [3.63, 3.8) is 0 Å². The third-order valence-electron chi connectivity index (χ3n) is 3.79. The molecule has 0 aromatic carbocycles. The highest BCUT2D eigenvalue weighted by Gasteiger charge is 2.25. The van der Waals surface area contributed by atoms with Crippen LogP contribution in [-0.4, -0.2) is 49.0 Å². The summed E-state index contributed by atoms with van der Waals surface area (Å²) in [5, 5.41) is 6.75. The van der Waals surface area contributed by atoms with Crippen molar-refractivity contribution in [2.45, 2.75) is 39.2 Å². The second-order valence-corrected chi connectivity index (χ2v) is 8.09. The molecule has 0 bridgehead atoms. The molecule has 0 aliphatic carbocycles. The summed E-state index contributed by atoms with van der Waals surface area (Å²) in [6.07, 6.45) is 2.50. The van der Waals surface area contributed by atoms with Crippen LogP contribution in [0, 0.1) is 0 Å². The Hall–Kier alpha value is -0.350. The predicted molar refractivity (Wildman–Crippen MR) is 116 cm³/mol. The van der Waals surface area contributed by atoms with Gasteiger partial charge in [0.15, 0.2) is 5.96 Å². The van der Waals surface area contributed by atoms with E-state index in [0.717, 1.165) is 48.8 Å². The largest absolute Gasteiger partial charge is 0.357 e. The van der Waals surface area contributed by atoms with E-state index in [1.165, 1.54) is 4.88 Å². The van der Waals surface area contributed by atoms with Crippen molar-refractivity contribution in [3.05, 3.63) is 20.8 Å². The Bertz CT molecular complexity index is 552. The average Bonchev–Trinajstić information content (AvgIpc) is 3.16. The molecule has 1 aliphatic heterocycles. The first-order valence-corrected chi connectivity index (χ1v) is 9.80. The van der Waals surface area contributed by atoms with Gasteiger partial charge in [-0.2, -0.15) is 0 Å². The lowest BCUT2D eigenvalue weighted by atomic mass is 10.3. The van der Waals surface area contributed by atoms with Crippen molar-refractivity contribution in [1.29, 1.82) is 0 Å². The summed E-state index contributed by atoms with van der Waals surface area (Å²) < 4.78 is 1.16. The van der Waals surface area contributed by atoms with Crippen LogP contribution in [0.15, 0.2) is 20.9 Å². The van der Waals surface area contributed by atoms with Crippen LogP contribution in [0.2, 0.25) is 0 Å². The van der Waals surface area contributed by atoms with E-state index < -0.39 is 0 Å². The number of rotatable bonds is 6. The van der Waals surface area contributed by atoms with Crippen LogP contribution in [0.1, 0.15) is 31.6 Å². The van der Waals surface area contributed by atoms with Crippen LogP contribution < -0.4 is 10.6 Å². The van der Waals surface area contributed by atoms with Gasteiger partial charge in [0.2, 0.25) is 5.91 Å². The number of hydrogen-bond donors (Lipinski definition) is 2. The minimum atomic E-state index is 0. The van der Waals surface area contributed by atoms with Crippen molar-refractivity contribution in [2.75, 3.05) is 26.2 Å². The van der Waals surface area contributed by atoms with E-state index in [1.54, 1.807) is 11.3 Å². The average molecular weight is 529 g/mol. The molecule has 0 saturated carbocycles. The number of thiophene rings is 1. The monoisotopic (exact) mass is 528 g/mol. The molecule has 1 amide bonds. The van der Waals surface area contributed by atoms with Gasteiger partial charge in [0.05, 0.1) is 3.79 Å². The van der Waals surface area contributed by atoms with E-state index in [9.17, 15) is 4.79 Å². The van der Waals surface area contributed by atoms with E-state index >= 15 is 0 Å². The minimum Gasteiger partial charge on any atom is -0.357 e. The maximum Gasteiger partial charge on any atom is 0.222 e. The van der Waals surface area contributed by atoms with E-state index in [2.05, 4.69) is 50.6 Å². The summed E-state index contributed by atoms with van der Waals surface area (Å²) >= 11 is 5.24. The minimum absolute atomic E-state index is 0. The Morgan fingerprint density at radius 2 is 2.25 bits per heavy atom. The topological polar surface area (TPSA) is 56.7 Å². The molecule has 1 unspecified atom stereocenters. The predicted octanol–water partition coefficient (Wildman–Crippen LogP) is 3.24. The molecule has 8 heteroatoms. The molecule has 2 heterocycles. The zero-order chi connectivity index (χ0) is 16.7. The van der Waals surface area contributed by atoms with E-state index in [0.29, 0.717) is 12.5 Å². The number of likely N-dealkylation sites (tertiary alicyclic amines) is 1. The summed E-state index contributed by atoms with van der Waals surface area (Å²) in [6, 6.07) is 4.50. The number of hydrogen-bond acceptors (Lipinski definition) is 3. The zero-order valence-electron chi connectivity index (χ0n) is 14.2. The first kappa shape index (κ1) is 21.7. The van der Waals surface area contributed by atoms with Gasteiger partial charge in [-0.05, 0) is 41.4 Å². The van der Waals surface area contributed by atoms with Crippen LogP contribution >= 0.6 is 51.2 Å². The van der Waals surface area contributed by atoms with Gasteiger partial charge in [0.1, 0.15) is 0 Å². The van der Waals surface area contributed by atoms with E-state index in [4.69, 9.17) is 0 Å². The fourth-order valence-corrected chi connectivity index (χ4v) is 4.08. The molecule has 1 aromatic heterocycles. The molecular formula is C16H26BrIN4OS. The number of nitrogens with one attached hydrogen (secondary N) is 2. The number of nitrogens with zero attached hydrogens (tertiary/aromatic N) is 2. The van der Waals surface area contributed by atoms with Crippen molar-refractivity contribution in [1.82, 2.24) is 15.5 Å². The Kier molecular flexibility index (Phi) is 10.2. The molecule has 5 nitrogen and oxygen atoms in total. The molecule has 136 valence electrons. The van der Waals surface area contributed by atoms with Crippen molar-refractivity contribution < 1.29 is 4.79 Å². The van der Waals surface area contributed by atoms with Gasteiger partial charge in [-0.25, -0.2) is 0 Å². The number of halogens is 2. The summed E-state index contributed by atoms with van der Waals surface area (Å²) in [5.41, 5.74) is 0. The van der Waals surface area contributed by atoms with Gasteiger partial charge in [-0.15, -0.1) is 35.3 Å². The highest BCUT2D eigenvalue weighted by atomic mass is 127. The molecule has 1 fully saturated rings. The molecule has 1 aromatic rings. The molecule has 1 aliphatic rings. The Balaban J connectivity index is 0.00000288. The standard InChI is InChI=1S/C16H25BrN4OS.HI/c1-3-15(22)21-10-8-12(11-21)20-16(18-4-2)19-9-7-13-5-6-14(17)23-13;/h5-6,12H,3-4,7-11H2,1-2H3,(H2,18,19,20);1H. The van der Waals surface area contributed by atoms with Crippen LogP contribution in [-0.2, 0) is 11.2 Å². The van der Waals surface area contributed by atoms with Gasteiger partial charge in [-0.1, -0.05) is 6.92 Å². The van der Waals surface area contributed by atoms with E-state index in [-0.39, 0.29) is 29.9 Å². The lowest BCUT2D eigenvalue weighted by Gasteiger charge is -2.18. The Labute approximate surface area is 173 Å². The molecule has 0 spiro atoms. The SMILES string of the molecule is CCNC(=NCCc1ccc(Br)s1)NC1CCN(C(=O)CC)C1.I. The maximum atomic E-state index is 11.8. The molecule has 1 saturated heterocycles. The number of guanidine groups is 1. The molecule has 0 radical (unpaired) electrons. The fourth-order valence-electron chi connectivity index (χ4n) is 2.61. The van der Waals surface area contributed by atoms with Crippen molar-refractivity contribution in [3.8, 4) is 0 Å². The number of amides is 1. The lowest BCUT2D eigenvalue weighted by Crippen LogP contribution is -2.45. The van der Waals surface area contributed by atoms with Crippen LogP contribution in [0.25, 0.3) is 0 Å². The van der Waals surface area contributed by atoms with Crippen molar-refractivity contribution >= 4 is 63.1 Å². The molecular weight excluding hydrogens is 503 g/mol. The summed E-state index contributed by atoms with van der Waals surface area (Å²) in [5.74, 6) is 1.08. The van der Waals surface area contributed by atoms with Gasteiger partial charge in [-0.3, -0.25) is 9.79 Å². The molecule has 2 rings (SSSR count).